The normalized spacial score (nSPS) is 17.1. The SMILES string of the molecule is O=c1c2ccccc2nnn1CCN1CCN(Cc2ccc3c(c2)OCO3)CC1. The summed E-state index contributed by atoms with van der Waals surface area (Å²) >= 11 is 0. The monoisotopic (exact) mass is 393 g/mol. The molecule has 0 atom stereocenters. The van der Waals surface area contributed by atoms with Crippen molar-refractivity contribution in [2.75, 3.05) is 39.5 Å². The fraction of sp³-hybridized carbons (Fsp3) is 0.381. The molecule has 0 amide bonds. The minimum atomic E-state index is -0.0722. The van der Waals surface area contributed by atoms with Crippen LogP contribution in [0.25, 0.3) is 10.9 Å². The van der Waals surface area contributed by atoms with Gasteiger partial charge in [-0.25, -0.2) is 4.68 Å². The third-order valence-electron chi connectivity index (χ3n) is 5.57. The molecule has 0 bridgehead atoms. The van der Waals surface area contributed by atoms with Crippen molar-refractivity contribution in [1.82, 2.24) is 24.8 Å². The summed E-state index contributed by atoms with van der Waals surface area (Å²) in [6.07, 6.45) is 0. The molecule has 0 spiro atoms. The van der Waals surface area contributed by atoms with Crippen LogP contribution in [0.5, 0.6) is 11.5 Å². The van der Waals surface area contributed by atoms with Crippen LogP contribution in [0.3, 0.4) is 0 Å². The van der Waals surface area contributed by atoms with Crippen molar-refractivity contribution < 1.29 is 9.47 Å². The average Bonchev–Trinajstić information content (AvgIpc) is 3.22. The molecule has 150 valence electrons. The summed E-state index contributed by atoms with van der Waals surface area (Å²) < 4.78 is 12.3. The van der Waals surface area contributed by atoms with Crippen LogP contribution in [0.1, 0.15) is 5.56 Å². The van der Waals surface area contributed by atoms with Gasteiger partial charge < -0.3 is 9.47 Å². The van der Waals surface area contributed by atoms with Crippen LogP contribution in [-0.2, 0) is 13.1 Å². The van der Waals surface area contributed by atoms with Crippen molar-refractivity contribution >= 4 is 10.9 Å². The summed E-state index contributed by atoms with van der Waals surface area (Å²) in [4.78, 5) is 17.4. The highest BCUT2D eigenvalue weighted by molar-refractivity contribution is 5.76. The number of ether oxygens (including phenoxy) is 2. The Labute approximate surface area is 168 Å². The molecule has 0 aliphatic carbocycles. The third kappa shape index (κ3) is 3.81. The van der Waals surface area contributed by atoms with Crippen LogP contribution >= 0.6 is 0 Å². The van der Waals surface area contributed by atoms with Gasteiger partial charge >= 0.3 is 0 Å². The lowest BCUT2D eigenvalue weighted by molar-refractivity contribution is 0.122. The highest BCUT2D eigenvalue weighted by Crippen LogP contribution is 2.32. The molecule has 0 unspecified atom stereocenters. The molecule has 1 saturated heterocycles. The lowest BCUT2D eigenvalue weighted by atomic mass is 10.1. The van der Waals surface area contributed by atoms with Gasteiger partial charge in [-0.2, -0.15) is 0 Å². The number of hydrogen-bond acceptors (Lipinski definition) is 7. The molecule has 1 aromatic heterocycles. The van der Waals surface area contributed by atoms with E-state index in [1.807, 2.05) is 24.3 Å². The smallest absolute Gasteiger partial charge is 0.277 e. The standard InChI is InChI=1S/C21H23N5O3/c27-21-17-3-1-2-4-18(17)22-23-26(21)12-11-24-7-9-25(10-8-24)14-16-5-6-19-20(13-16)29-15-28-19/h1-6,13H,7-12,14-15H2. The number of piperazine rings is 1. The van der Waals surface area contributed by atoms with Crippen molar-refractivity contribution in [2.24, 2.45) is 0 Å². The molecule has 0 radical (unpaired) electrons. The number of fused-ring (bicyclic) bond motifs is 2. The van der Waals surface area contributed by atoms with Crippen LogP contribution in [-0.4, -0.2) is 64.3 Å². The summed E-state index contributed by atoms with van der Waals surface area (Å²) in [5.41, 5.74) is 1.81. The summed E-state index contributed by atoms with van der Waals surface area (Å²) in [5.74, 6) is 1.66. The van der Waals surface area contributed by atoms with E-state index in [1.54, 1.807) is 6.07 Å². The Balaban J connectivity index is 1.15. The van der Waals surface area contributed by atoms with Crippen molar-refractivity contribution in [3.63, 3.8) is 0 Å². The molecule has 8 heteroatoms. The van der Waals surface area contributed by atoms with Crippen LogP contribution in [0, 0.1) is 0 Å². The van der Waals surface area contributed by atoms with Gasteiger partial charge in [0.25, 0.3) is 5.56 Å². The first-order chi connectivity index (χ1) is 14.3. The number of hydrogen-bond donors (Lipinski definition) is 0. The molecule has 1 fully saturated rings. The fourth-order valence-corrected chi connectivity index (χ4v) is 3.87. The van der Waals surface area contributed by atoms with Crippen molar-refractivity contribution in [3.05, 3.63) is 58.4 Å². The van der Waals surface area contributed by atoms with E-state index in [0.29, 0.717) is 24.2 Å². The number of benzene rings is 2. The Bertz CT molecular complexity index is 1080. The van der Waals surface area contributed by atoms with Gasteiger partial charge in [0.2, 0.25) is 6.79 Å². The van der Waals surface area contributed by atoms with Gasteiger partial charge in [-0.05, 0) is 29.8 Å². The van der Waals surface area contributed by atoms with Crippen LogP contribution < -0.4 is 15.0 Å². The zero-order valence-electron chi connectivity index (χ0n) is 16.2. The number of aromatic nitrogens is 3. The van der Waals surface area contributed by atoms with E-state index in [4.69, 9.17) is 9.47 Å². The zero-order chi connectivity index (χ0) is 19.6. The Morgan fingerprint density at radius 1 is 0.897 bits per heavy atom. The molecule has 3 heterocycles. The van der Waals surface area contributed by atoms with E-state index in [9.17, 15) is 4.79 Å². The zero-order valence-corrected chi connectivity index (χ0v) is 16.2. The molecule has 5 rings (SSSR count). The lowest BCUT2D eigenvalue weighted by Gasteiger charge is -2.34. The van der Waals surface area contributed by atoms with E-state index in [1.165, 1.54) is 10.2 Å². The van der Waals surface area contributed by atoms with Crippen molar-refractivity contribution in [3.8, 4) is 11.5 Å². The highest BCUT2D eigenvalue weighted by Gasteiger charge is 2.19. The van der Waals surface area contributed by atoms with Crippen molar-refractivity contribution in [2.45, 2.75) is 13.1 Å². The molecule has 2 aliphatic heterocycles. The third-order valence-corrected chi connectivity index (χ3v) is 5.57. The summed E-state index contributed by atoms with van der Waals surface area (Å²) in [6.45, 7) is 6.49. The van der Waals surface area contributed by atoms with E-state index >= 15 is 0 Å². The second-order valence-corrected chi connectivity index (χ2v) is 7.44. The number of rotatable bonds is 5. The van der Waals surface area contributed by atoms with Crippen LogP contribution in [0.4, 0.5) is 0 Å². The maximum absolute atomic E-state index is 12.6. The molecule has 0 N–H and O–H groups in total. The first-order valence-corrected chi connectivity index (χ1v) is 9.92. The van der Waals surface area contributed by atoms with E-state index < -0.39 is 0 Å². The van der Waals surface area contributed by atoms with Gasteiger partial charge in [-0.1, -0.05) is 23.4 Å². The molecular formula is C21H23N5O3. The lowest BCUT2D eigenvalue weighted by Crippen LogP contribution is -2.47. The van der Waals surface area contributed by atoms with Gasteiger partial charge in [-0.15, -0.1) is 5.10 Å². The van der Waals surface area contributed by atoms with Gasteiger partial charge in [0.1, 0.15) is 5.52 Å². The Kier molecular flexibility index (Phi) is 4.87. The molecule has 2 aliphatic rings. The molecule has 8 nitrogen and oxygen atoms in total. The Morgan fingerprint density at radius 2 is 1.69 bits per heavy atom. The minimum absolute atomic E-state index is 0.0722. The first kappa shape index (κ1) is 18.1. The van der Waals surface area contributed by atoms with Crippen LogP contribution in [0.15, 0.2) is 47.3 Å². The number of nitrogens with zero attached hydrogens (tertiary/aromatic N) is 5. The van der Waals surface area contributed by atoms with Gasteiger partial charge in [0.15, 0.2) is 11.5 Å². The van der Waals surface area contributed by atoms with Gasteiger partial charge in [-0.3, -0.25) is 14.6 Å². The largest absolute Gasteiger partial charge is 0.454 e. The molecule has 2 aromatic carbocycles. The predicted molar refractivity (Wildman–Crippen MR) is 108 cm³/mol. The maximum Gasteiger partial charge on any atom is 0.277 e. The van der Waals surface area contributed by atoms with Crippen LogP contribution in [0.2, 0.25) is 0 Å². The predicted octanol–water partition coefficient (Wildman–Crippen LogP) is 1.34. The first-order valence-electron chi connectivity index (χ1n) is 9.92. The topological polar surface area (TPSA) is 72.7 Å². The Morgan fingerprint density at radius 3 is 2.59 bits per heavy atom. The molecule has 0 saturated carbocycles. The second kappa shape index (κ2) is 7.81. The maximum atomic E-state index is 12.6. The summed E-state index contributed by atoms with van der Waals surface area (Å²) in [5, 5.41) is 8.86. The minimum Gasteiger partial charge on any atom is -0.454 e. The Hall–Kier alpha value is -2.97. The second-order valence-electron chi connectivity index (χ2n) is 7.44. The van der Waals surface area contributed by atoms with Gasteiger partial charge in [0.05, 0.1) is 11.9 Å². The van der Waals surface area contributed by atoms with E-state index in [2.05, 4.69) is 32.2 Å². The van der Waals surface area contributed by atoms with E-state index in [-0.39, 0.29) is 5.56 Å². The molecular weight excluding hydrogens is 370 g/mol. The quantitative estimate of drug-likeness (QED) is 0.648. The fourth-order valence-electron chi connectivity index (χ4n) is 3.87. The summed E-state index contributed by atoms with van der Waals surface area (Å²) in [7, 11) is 0. The molecule has 29 heavy (non-hydrogen) atoms. The highest BCUT2D eigenvalue weighted by atomic mass is 16.7. The average molecular weight is 393 g/mol. The van der Waals surface area contributed by atoms with Gasteiger partial charge in [0, 0.05) is 39.3 Å². The van der Waals surface area contributed by atoms with Crippen molar-refractivity contribution in [1.29, 1.82) is 0 Å². The van der Waals surface area contributed by atoms with E-state index in [0.717, 1.165) is 50.8 Å². The summed E-state index contributed by atoms with van der Waals surface area (Å²) in [6, 6.07) is 13.5. The molecule has 3 aromatic rings.